The van der Waals surface area contributed by atoms with Crippen LogP contribution in [0.1, 0.15) is 12.8 Å². The third kappa shape index (κ3) is 3.14. The van der Waals surface area contributed by atoms with Crippen LogP contribution in [0.3, 0.4) is 0 Å². The number of cyclic esters (lactones) is 2. The molecule has 0 aliphatic carbocycles. The molecule has 0 saturated carbocycles. The highest BCUT2D eigenvalue weighted by molar-refractivity contribution is 7.90. The molecular weight excluding hydrogens is 196 g/mol. The fraction of sp³-hybridized carbons (Fsp3) is 0.714. The summed E-state index contributed by atoms with van der Waals surface area (Å²) in [7, 11) is -3.07. The predicted molar refractivity (Wildman–Crippen MR) is 43.5 cm³/mol. The van der Waals surface area contributed by atoms with E-state index in [1.807, 2.05) is 0 Å². The Morgan fingerprint density at radius 2 is 2.08 bits per heavy atom. The first-order valence-corrected chi connectivity index (χ1v) is 5.87. The first kappa shape index (κ1) is 10.2. The Morgan fingerprint density at radius 3 is 2.46 bits per heavy atom. The first-order valence-electron chi connectivity index (χ1n) is 3.81. The van der Waals surface area contributed by atoms with E-state index in [0.29, 0.717) is 0 Å². The minimum atomic E-state index is -3.07. The second-order valence-electron chi connectivity index (χ2n) is 3.11. The number of esters is 2. The maximum absolute atomic E-state index is 10.9. The van der Waals surface area contributed by atoms with Crippen LogP contribution in [0.2, 0.25) is 0 Å². The summed E-state index contributed by atoms with van der Waals surface area (Å²) >= 11 is 0. The Balaban J connectivity index is 2.47. The lowest BCUT2D eigenvalue weighted by Gasteiger charge is -2.01. The van der Waals surface area contributed by atoms with Crippen LogP contribution in [0.5, 0.6) is 0 Å². The van der Waals surface area contributed by atoms with Crippen molar-refractivity contribution in [2.75, 3.05) is 12.0 Å². The summed E-state index contributed by atoms with van der Waals surface area (Å²) in [5.74, 6) is -1.82. The highest BCUT2D eigenvalue weighted by Gasteiger charge is 2.33. The maximum atomic E-state index is 10.9. The van der Waals surface area contributed by atoms with E-state index < -0.39 is 27.7 Å². The first-order chi connectivity index (χ1) is 5.88. The van der Waals surface area contributed by atoms with Crippen molar-refractivity contribution in [1.82, 2.24) is 0 Å². The molecule has 1 saturated heterocycles. The lowest BCUT2D eigenvalue weighted by Crippen LogP contribution is -2.13. The molecule has 1 fully saturated rings. The van der Waals surface area contributed by atoms with Crippen LogP contribution in [-0.4, -0.2) is 32.4 Å². The third-order valence-electron chi connectivity index (χ3n) is 1.80. The molecule has 0 spiro atoms. The van der Waals surface area contributed by atoms with Gasteiger partial charge < -0.3 is 4.74 Å². The van der Waals surface area contributed by atoms with E-state index in [4.69, 9.17) is 0 Å². The molecule has 1 unspecified atom stereocenters. The summed E-state index contributed by atoms with van der Waals surface area (Å²) in [6.07, 6.45) is 1.27. The largest absolute Gasteiger partial charge is 0.393 e. The van der Waals surface area contributed by atoms with Gasteiger partial charge in [-0.3, -0.25) is 9.59 Å². The maximum Gasteiger partial charge on any atom is 0.317 e. The number of rotatable bonds is 3. The topological polar surface area (TPSA) is 77.5 Å². The van der Waals surface area contributed by atoms with Gasteiger partial charge in [0.05, 0.1) is 18.1 Å². The molecule has 0 aromatic heterocycles. The summed E-state index contributed by atoms with van der Waals surface area (Å²) in [6.45, 7) is 0. The van der Waals surface area contributed by atoms with Crippen LogP contribution >= 0.6 is 0 Å². The van der Waals surface area contributed by atoms with Crippen molar-refractivity contribution in [3.8, 4) is 0 Å². The predicted octanol–water partition coefficient (Wildman–Crippen LogP) is -0.489. The molecule has 0 N–H and O–H groups in total. The third-order valence-corrected chi connectivity index (χ3v) is 2.78. The van der Waals surface area contributed by atoms with E-state index in [1.54, 1.807) is 0 Å². The number of ether oxygens (including phenoxy) is 1. The molecule has 5 nitrogen and oxygen atoms in total. The van der Waals surface area contributed by atoms with Crippen LogP contribution in [0, 0.1) is 5.92 Å². The SMILES string of the molecule is CS(=O)(=O)CCC1CC(=O)OC1=O. The molecule has 0 radical (unpaired) electrons. The zero-order valence-electron chi connectivity index (χ0n) is 7.15. The van der Waals surface area contributed by atoms with Crippen LogP contribution in [0.15, 0.2) is 0 Å². The monoisotopic (exact) mass is 206 g/mol. The lowest BCUT2D eigenvalue weighted by atomic mass is 10.1. The molecule has 0 aromatic carbocycles. The summed E-state index contributed by atoms with van der Waals surface area (Å²) in [5, 5.41) is 0. The molecule has 1 aliphatic rings. The van der Waals surface area contributed by atoms with Gasteiger partial charge in [-0.25, -0.2) is 8.42 Å². The number of hydrogen-bond acceptors (Lipinski definition) is 5. The zero-order valence-corrected chi connectivity index (χ0v) is 7.96. The van der Waals surface area contributed by atoms with E-state index in [2.05, 4.69) is 4.74 Å². The van der Waals surface area contributed by atoms with Gasteiger partial charge in [-0.05, 0) is 6.42 Å². The van der Waals surface area contributed by atoms with Crippen molar-refractivity contribution in [1.29, 1.82) is 0 Å². The Kier molecular flexibility index (Phi) is 2.70. The van der Waals surface area contributed by atoms with Gasteiger partial charge in [-0.1, -0.05) is 0 Å². The highest BCUT2D eigenvalue weighted by Crippen LogP contribution is 2.19. The second-order valence-corrected chi connectivity index (χ2v) is 5.37. The van der Waals surface area contributed by atoms with E-state index >= 15 is 0 Å². The fourth-order valence-corrected chi connectivity index (χ4v) is 1.81. The van der Waals surface area contributed by atoms with Gasteiger partial charge in [0.1, 0.15) is 9.84 Å². The van der Waals surface area contributed by atoms with Gasteiger partial charge in [0.25, 0.3) is 0 Å². The number of carbonyl (C=O) groups excluding carboxylic acids is 2. The number of carbonyl (C=O) groups is 2. The number of sulfone groups is 1. The van der Waals surface area contributed by atoms with Crippen molar-refractivity contribution in [3.05, 3.63) is 0 Å². The molecule has 0 aromatic rings. The Hall–Kier alpha value is -0.910. The normalized spacial score (nSPS) is 23.3. The Bertz CT molecular complexity index is 329. The molecule has 74 valence electrons. The van der Waals surface area contributed by atoms with E-state index in [1.165, 1.54) is 0 Å². The summed E-state index contributed by atoms with van der Waals surface area (Å²) in [4.78, 5) is 21.5. The summed E-state index contributed by atoms with van der Waals surface area (Å²) in [5.41, 5.74) is 0. The second kappa shape index (κ2) is 3.45. The van der Waals surface area contributed by atoms with Gasteiger partial charge in [-0.2, -0.15) is 0 Å². The van der Waals surface area contributed by atoms with E-state index in [-0.39, 0.29) is 18.6 Å². The zero-order chi connectivity index (χ0) is 10.1. The van der Waals surface area contributed by atoms with Crippen molar-refractivity contribution >= 4 is 21.8 Å². The minimum absolute atomic E-state index is 0.00829. The van der Waals surface area contributed by atoms with Crippen LogP contribution in [0.25, 0.3) is 0 Å². The highest BCUT2D eigenvalue weighted by atomic mass is 32.2. The van der Waals surface area contributed by atoms with Crippen LogP contribution in [0.4, 0.5) is 0 Å². The van der Waals surface area contributed by atoms with Gasteiger partial charge in [-0.15, -0.1) is 0 Å². The molecule has 1 aliphatic heterocycles. The average molecular weight is 206 g/mol. The molecule has 1 atom stereocenters. The molecule has 13 heavy (non-hydrogen) atoms. The molecule has 6 heteroatoms. The van der Waals surface area contributed by atoms with E-state index in [0.717, 1.165) is 6.26 Å². The smallest absolute Gasteiger partial charge is 0.317 e. The van der Waals surface area contributed by atoms with E-state index in [9.17, 15) is 18.0 Å². The van der Waals surface area contributed by atoms with Crippen molar-refractivity contribution in [3.63, 3.8) is 0 Å². The quantitative estimate of drug-likeness (QED) is 0.460. The Morgan fingerprint density at radius 1 is 1.46 bits per heavy atom. The van der Waals surface area contributed by atoms with Gasteiger partial charge in [0, 0.05) is 6.26 Å². The molecule has 1 heterocycles. The van der Waals surface area contributed by atoms with Gasteiger partial charge in [0.2, 0.25) is 0 Å². The Labute approximate surface area is 76.0 Å². The minimum Gasteiger partial charge on any atom is -0.393 e. The lowest BCUT2D eigenvalue weighted by molar-refractivity contribution is -0.153. The molecule has 0 bridgehead atoms. The molecule has 1 rings (SSSR count). The fourth-order valence-electron chi connectivity index (χ4n) is 1.10. The molecular formula is C7H10O5S. The number of hydrogen-bond donors (Lipinski definition) is 0. The van der Waals surface area contributed by atoms with Crippen LogP contribution < -0.4 is 0 Å². The van der Waals surface area contributed by atoms with Crippen LogP contribution in [-0.2, 0) is 24.2 Å². The van der Waals surface area contributed by atoms with Gasteiger partial charge in [0.15, 0.2) is 0 Å². The summed E-state index contributed by atoms with van der Waals surface area (Å²) in [6, 6.07) is 0. The van der Waals surface area contributed by atoms with Crippen molar-refractivity contribution in [2.45, 2.75) is 12.8 Å². The summed E-state index contributed by atoms with van der Waals surface area (Å²) < 4.78 is 25.7. The van der Waals surface area contributed by atoms with Crippen molar-refractivity contribution < 1.29 is 22.7 Å². The average Bonchev–Trinajstić information content (AvgIpc) is 2.24. The van der Waals surface area contributed by atoms with Gasteiger partial charge >= 0.3 is 11.9 Å². The standard InChI is InChI=1S/C7H10O5S/c1-13(10,11)3-2-5-4-6(8)12-7(5)9/h5H,2-4H2,1H3. The van der Waals surface area contributed by atoms with Crippen molar-refractivity contribution in [2.24, 2.45) is 5.92 Å². The molecule has 0 amide bonds.